The van der Waals surface area contributed by atoms with Crippen LogP contribution in [0.1, 0.15) is 21.6 Å². The number of nitrogens with two attached hydrogens (primary N) is 1. The summed E-state index contributed by atoms with van der Waals surface area (Å²) in [7, 11) is 0. The fourth-order valence-corrected chi connectivity index (χ4v) is 3.99. The Hall–Kier alpha value is -4.41. The minimum atomic E-state index is -0.342. The van der Waals surface area contributed by atoms with Crippen LogP contribution < -0.4 is 21.1 Å². The molecule has 0 bridgehead atoms. The molecule has 0 unspecified atom stereocenters. The normalized spacial score (nSPS) is 12.8. The van der Waals surface area contributed by atoms with Crippen LogP contribution in [0.25, 0.3) is 11.3 Å². The van der Waals surface area contributed by atoms with Crippen molar-refractivity contribution in [1.82, 2.24) is 30.3 Å². The lowest BCUT2D eigenvalue weighted by Gasteiger charge is -2.17. The van der Waals surface area contributed by atoms with Crippen LogP contribution in [0, 0.1) is 12.7 Å². The fraction of sp³-hybridized carbons (Fsp3) is 0.217. The van der Waals surface area contributed by atoms with Gasteiger partial charge in [0.05, 0.1) is 29.7 Å². The number of aromatic amines is 1. The number of ether oxygens (including phenoxy) is 1. The van der Waals surface area contributed by atoms with Crippen molar-refractivity contribution in [1.29, 1.82) is 0 Å². The van der Waals surface area contributed by atoms with Crippen LogP contribution in [0.2, 0.25) is 0 Å². The van der Waals surface area contributed by atoms with Crippen molar-refractivity contribution in [2.24, 2.45) is 0 Å². The van der Waals surface area contributed by atoms with Crippen molar-refractivity contribution in [3.8, 4) is 17.0 Å². The molecule has 1 aromatic carbocycles. The molecule has 1 amide bonds. The van der Waals surface area contributed by atoms with E-state index in [9.17, 15) is 9.18 Å². The first kappa shape index (κ1) is 21.4. The first-order chi connectivity index (χ1) is 16.5. The Morgan fingerprint density at radius 3 is 3.00 bits per heavy atom. The average molecular weight is 462 g/mol. The number of amides is 1. The molecule has 34 heavy (non-hydrogen) atoms. The number of halogens is 1. The van der Waals surface area contributed by atoms with Crippen LogP contribution in [-0.2, 0) is 13.0 Å². The molecular weight excluding hydrogens is 439 g/mol. The molecule has 0 spiro atoms. The van der Waals surface area contributed by atoms with Crippen molar-refractivity contribution in [2.75, 3.05) is 24.2 Å². The van der Waals surface area contributed by atoms with Crippen LogP contribution in [0.5, 0.6) is 5.75 Å². The largest absolute Gasteiger partial charge is 0.487 e. The standard InChI is InChI=1S/C23H23FN8O2/c1-13-15(24)3-2-4-16(13)29-20-18-17(6-8-27-23(18)33)30-19(20)14-5-7-26-22(25)21(14)34-12-11-32-10-9-28-31-32/h2-5,7,9-10,29-30H,6,8,11-12H2,1H3,(H2,25,26)(H,27,33). The number of nitrogens with zero attached hydrogens (tertiary/aromatic N) is 4. The molecule has 10 nitrogen and oxygen atoms in total. The molecule has 4 heterocycles. The maximum atomic E-state index is 14.2. The second-order valence-electron chi connectivity index (χ2n) is 7.86. The third-order valence-corrected chi connectivity index (χ3v) is 5.73. The number of carbonyl (C=O) groups excluding carboxylic acids is 1. The van der Waals surface area contributed by atoms with Crippen LogP contribution in [0.4, 0.5) is 21.6 Å². The molecule has 0 saturated heterocycles. The second kappa shape index (κ2) is 8.85. The van der Waals surface area contributed by atoms with Crippen LogP contribution in [-0.4, -0.2) is 44.0 Å². The maximum absolute atomic E-state index is 14.2. The molecule has 1 aliphatic heterocycles. The number of nitrogen functional groups attached to an aromatic ring is 1. The number of fused-ring (bicyclic) bond motifs is 1. The number of benzene rings is 1. The van der Waals surface area contributed by atoms with Crippen molar-refractivity contribution in [3.63, 3.8) is 0 Å². The van der Waals surface area contributed by atoms with Gasteiger partial charge in [-0.15, -0.1) is 5.10 Å². The third-order valence-electron chi connectivity index (χ3n) is 5.73. The molecule has 0 aliphatic carbocycles. The number of H-pyrrole nitrogens is 1. The maximum Gasteiger partial charge on any atom is 0.255 e. The third kappa shape index (κ3) is 3.91. The van der Waals surface area contributed by atoms with Crippen LogP contribution >= 0.6 is 0 Å². The predicted octanol–water partition coefficient (Wildman–Crippen LogP) is 2.81. The number of aromatic nitrogens is 5. The Bertz CT molecular complexity index is 1350. The van der Waals surface area contributed by atoms with Crippen molar-refractivity contribution in [2.45, 2.75) is 19.9 Å². The first-order valence-electron chi connectivity index (χ1n) is 10.8. The molecule has 0 radical (unpaired) electrons. The number of nitrogens with one attached hydrogen (secondary N) is 3. The van der Waals surface area contributed by atoms with E-state index < -0.39 is 0 Å². The number of hydrogen-bond donors (Lipinski definition) is 4. The molecule has 5 N–H and O–H groups in total. The van der Waals surface area contributed by atoms with E-state index in [1.54, 1.807) is 48.4 Å². The zero-order valence-electron chi connectivity index (χ0n) is 18.4. The van der Waals surface area contributed by atoms with E-state index in [0.717, 1.165) is 5.69 Å². The Morgan fingerprint density at radius 2 is 2.18 bits per heavy atom. The van der Waals surface area contributed by atoms with Gasteiger partial charge in [-0.05, 0) is 25.1 Å². The Balaban J connectivity index is 1.58. The van der Waals surface area contributed by atoms with Gasteiger partial charge in [-0.2, -0.15) is 0 Å². The lowest BCUT2D eigenvalue weighted by atomic mass is 10.0. The summed E-state index contributed by atoms with van der Waals surface area (Å²) in [5, 5.41) is 13.9. The van der Waals surface area contributed by atoms with Gasteiger partial charge in [0.25, 0.3) is 5.91 Å². The van der Waals surface area contributed by atoms with E-state index in [2.05, 4.69) is 30.9 Å². The van der Waals surface area contributed by atoms with Gasteiger partial charge in [0.15, 0.2) is 11.6 Å². The van der Waals surface area contributed by atoms with E-state index >= 15 is 0 Å². The number of hydrogen-bond acceptors (Lipinski definition) is 7. The highest BCUT2D eigenvalue weighted by atomic mass is 19.1. The molecule has 174 valence electrons. The summed E-state index contributed by atoms with van der Waals surface area (Å²) in [6, 6.07) is 6.54. The average Bonchev–Trinajstić information content (AvgIpc) is 3.47. The van der Waals surface area contributed by atoms with Gasteiger partial charge in [0.2, 0.25) is 0 Å². The molecule has 4 aromatic rings. The zero-order chi connectivity index (χ0) is 23.7. The number of carbonyl (C=O) groups is 1. The van der Waals surface area contributed by atoms with Gasteiger partial charge in [-0.25, -0.2) is 14.1 Å². The van der Waals surface area contributed by atoms with Gasteiger partial charge in [-0.1, -0.05) is 11.3 Å². The lowest BCUT2D eigenvalue weighted by Crippen LogP contribution is -2.31. The quantitative estimate of drug-likeness (QED) is 0.332. The Kier molecular flexibility index (Phi) is 5.58. The summed E-state index contributed by atoms with van der Waals surface area (Å²) in [6.45, 7) is 2.94. The highest BCUT2D eigenvalue weighted by Crippen LogP contribution is 2.42. The van der Waals surface area contributed by atoms with E-state index in [4.69, 9.17) is 10.5 Å². The molecule has 5 rings (SSSR count). The smallest absolute Gasteiger partial charge is 0.255 e. The van der Waals surface area contributed by atoms with Crippen molar-refractivity contribution < 1.29 is 13.9 Å². The topological polar surface area (TPSA) is 136 Å². The molecule has 0 fully saturated rings. The molecule has 3 aromatic heterocycles. The van der Waals surface area contributed by atoms with Crippen molar-refractivity contribution >= 4 is 23.1 Å². The summed E-state index contributed by atoms with van der Waals surface area (Å²) >= 11 is 0. The highest BCUT2D eigenvalue weighted by molar-refractivity contribution is 6.06. The molecule has 0 atom stereocenters. The van der Waals surface area contributed by atoms with Crippen LogP contribution in [0.15, 0.2) is 42.9 Å². The van der Waals surface area contributed by atoms with Crippen LogP contribution in [0.3, 0.4) is 0 Å². The molecule has 0 saturated carbocycles. The van der Waals surface area contributed by atoms with Gasteiger partial charge >= 0.3 is 0 Å². The number of rotatable bonds is 7. The van der Waals surface area contributed by atoms with Gasteiger partial charge < -0.3 is 26.1 Å². The van der Waals surface area contributed by atoms with Gasteiger partial charge in [0, 0.05) is 47.9 Å². The molecular formula is C23H23FN8O2. The number of pyridine rings is 1. The van der Waals surface area contributed by atoms with E-state index in [1.807, 2.05) is 0 Å². The first-order valence-corrected chi connectivity index (χ1v) is 10.8. The zero-order valence-corrected chi connectivity index (χ0v) is 18.4. The van der Waals surface area contributed by atoms with E-state index in [0.29, 0.717) is 59.0 Å². The fourth-order valence-electron chi connectivity index (χ4n) is 3.99. The van der Waals surface area contributed by atoms with Crippen molar-refractivity contribution in [3.05, 3.63) is 65.5 Å². The molecule has 1 aliphatic rings. The summed E-state index contributed by atoms with van der Waals surface area (Å²) in [5.74, 6) is 0.0308. The minimum absolute atomic E-state index is 0.209. The highest BCUT2D eigenvalue weighted by Gasteiger charge is 2.29. The Labute approximate surface area is 194 Å². The monoisotopic (exact) mass is 462 g/mol. The summed E-state index contributed by atoms with van der Waals surface area (Å²) < 4.78 is 21.9. The second-order valence-corrected chi connectivity index (χ2v) is 7.86. The minimum Gasteiger partial charge on any atom is -0.487 e. The van der Waals surface area contributed by atoms with Gasteiger partial charge in [0.1, 0.15) is 12.4 Å². The van der Waals surface area contributed by atoms with E-state index in [1.165, 1.54) is 6.07 Å². The summed E-state index contributed by atoms with van der Waals surface area (Å²) in [6.07, 6.45) is 5.52. The Morgan fingerprint density at radius 1 is 1.29 bits per heavy atom. The van der Waals surface area contributed by atoms with E-state index in [-0.39, 0.29) is 24.1 Å². The lowest BCUT2D eigenvalue weighted by molar-refractivity contribution is 0.0947. The summed E-state index contributed by atoms with van der Waals surface area (Å²) in [4.78, 5) is 20.4. The predicted molar refractivity (Wildman–Crippen MR) is 124 cm³/mol. The molecule has 11 heteroatoms. The van der Waals surface area contributed by atoms with Gasteiger partial charge in [-0.3, -0.25) is 4.79 Å². The SMILES string of the molecule is Cc1c(F)cccc1Nc1c(-c2ccnc(N)c2OCCn2ccnn2)[nH]c2c1C(=O)NCC2. The summed E-state index contributed by atoms with van der Waals surface area (Å²) in [5.41, 5.74) is 10.2. The number of anilines is 3.